The Morgan fingerprint density at radius 1 is 0.355 bits per heavy atom. The van der Waals surface area contributed by atoms with Crippen molar-refractivity contribution >= 4 is 28.4 Å². The zero-order chi connectivity index (χ0) is 41.5. The SMILES string of the molecule is C1=CC(c2cc(-c3ccccc3)nc(-c3nc(-c4ccccc4)cc(-c4ccc(N(c5ccccc5)c5ccccc5)cc4)n3)n2)CC=C1N(c1ccccc1)c1ccccc1. The lowest BCUT2D eigenvalue weighted by Gasteiger charge is -2.29. The van der Waals surface area contributed by atoms with Crippen LogP contribution in [0.4, 0.5) is 28.4 Å². The van der Waals surface area contributed by atoms with E-state index in [0.717, 1.165) is 80.0 Å². The second-order valence-electron chi connectivity index (χ2n) is 15.1. The molecule has 1 aliphatic carbocycles. The Labute approximate surface area is 362 Å². The van der Waals surface area contributed by atoms with Crippen LogP contribution in [0.25, 0.3) is 45.4 Å². The molecule has 0 N–H and O–H groups in total. The Balaban J connectivity index is 1.04. The Kier molecular flexibility index (Phi) is 10.8. The zero-order valence-electron chi connectivity index (χ0n) is 34.0. The van der Waals surface area contributed by atoms with Crippen LogP contribution in [0.15, 0.2) is 242 Å². The number of aromatic nitrogens is 4. The van der Waals surface area contributed by atoms with Gasteiger partial charge >= 0.3 is 0 Å². The Hall–Kier alpha value is -8.22. The summed E-state index contributed by atoms with van der Waals surface area (Å²) >= 11 is 0. The third-order valence-electron chi connectivity index (χ3n) is 11.0. The maximum Gasteiger partial charge on any atom is 0.198 e. The van der Waals surface area contributed by atoms with Gasteiger partial charge in [-0.25, -0.2) is 19.9 Å². The summed E-state index contributed by atoms with van der Waals surface area (Å²) in [6.07, 6.45) is 7.54. The number of anilines is 5. The van der Waals surface area contributed by atoms with Gasteiger partial charge in [0.05, 0.1) is 22.8 Å². The molecule has 0 radical (unpaired) electrons. The molecular weight excluding hydrogens is 757 g/mol. The summed E-state index contributed by atoms with van der Waals surface area (Å²) in [5.74, 6) is 0.961. The average molecular weight is 799 g/mol. The lowest BCUT2D eigenvalue weighted by Crippen LogP contribution is -2.17. The molecule has 0 aliphatic heterocycles. The van der Waals surface area contributed by atoms with Gasteiger partial charge in [0.25, 0.3) is 0 Å². The fraction of sp³-hybridized carbons (Fsp3) is 0.0357. The van der Waals surface area contributed by atoms with E-state index in [-0.39, 0.29) is 5.92 Å². The van der Waals surface area contributed by atoms with Crippen molar-refractivity contribution in [1.82, 2.24) is 19.9 Å². The van der Waals surface area contributed by atoms with E-state index < -0.39 is 0 Å². The first-order valence-corrected chi connectivity index (χ1v) is 20.9. The van der Waals surface area contributed by atoms with Gasteiger partial charge < -0.3 is 9.80 Å². The lowest BCUT2D eigenvalue weighted by atomic mass is 9.94. The van der Waals surface area contributed by atoms with E-state index in [0.29, 0.717) is 11.6 Å². The third kappa shape index (κ3) is 8.18. The van der Waals surface area contributed by atoms with Gasteiger partial charge in [0.1, 0.15) is 0 Å². The standard InChI is InChI=1S/C56H42N6/c1-7-19-41(20-8-1)51-39-53(43-31-35-49(36-32-43)61(45-23-11-3-12-24-45)46-25-13-4-14-26-46)59-55(57-51)56-58-52(42-21-9-2-10-22-42)40-54(60-56)44-33-37-50(38-34-44)62(47-27-15-5-16-28-47)48-29-17-6-18-30-48/h1-33,35-40,44H,34H2. The summed E-state index contributed by atoms with van der Waals surface area (Å²) in [6, 6.07) is 75.1. The smallest absolute Gasteiger partial charge is 0.198 e. The number of hydrogen-bond acceptors (Lipinski definition) is 6. The van der Waals surface area contributed by atoms with Crippen molar-refractivity contribution in [2.45, 2.75) is 12.3 Å². The predicted molar refractivity (Wildman–Crippen MR) is 254 cm³/mol. The Morgan fingerprint density at radius 3 is 1.16 bits per heavy atom. The van der Waals surface area contributed by atoms with Gasteiger partial charge in [0.15, 0.2) is 11.6 Å². The quantitative estimate of drug-likeness (QED) is 0.130. The molecule has 9 aromatic rings. The Bertz CT molecular complexity index is 2880. The molecule has 2 aromatic heterocycles. The summed E-state index contributed by atoms with van der Waals surface area (Å²) in [5, 5.41) is 0. The van der Waals surface area contributed by atoms with Crippen LogP contribution in [-0.4, -0.2) is 19.9 Å². The van der Waals surface area contributed by atoms with Crippen LogP contribution in [0.3, 0.4) is 0 Å². The minimum atomic E-state index is 0.0119. The molecule has 0 saturated carbocycles. The molecule has 296 valence electrons. The molecule has 7 aromatic carbocycles. The van der Waals surface area contributed by atoms with E-state index in [9.17, 15) is 0 Å². The number of rotatable bonds is 11. The molecule has 2 heterocycles. The van der Waals surface area contributed by atoms with E-state index >= 15 is 0 Å². The van der Waals surface area contributed by atoms with Crippen molar-refractivity contribution in [3.05, 3.63) is 248 Å². The molecule has 0 saturated heterocycles. The van der Waals surface area contributed by atoms with Crippen molar-refractivity contribution in [3.63, 3.8) is 0 Å². The summed E-state index contributed by atoms with van der Waals surface area (Å²) < 4.78 is 0. The van der Waals surface area contributed by atoms with Crippen molar-refractivity contribution in [3.8, 4) is 45.4 Å². The van der Waals surface area contributed by atoms with E-state index in [1.807, 2.05) is 48.5 Å². The first-order chi connectivity index (χ1) is 30.7. The first-order valence-electron chi connectivity index (χ1n) is 20.9. The summed E-state index contributed by atoms with van der Waals surface area (Å²) in [6.45, 7) is 0. The highest BCUT2D eigenvalue weighted by Crippen LogP contribution is 2.38. The molecule has 1 atom stereocenters. The van der Waals surface area contributed by atoms with E-state index in [2.05, 4.69) is 198 Å². The van der Waals surface area contributed by atoms with E-state index in [1.165, 1.54) is 0 Å². The number of para-hydroxylation sites is 4. The monoisotopic (exact) mass is 798 g/mol. The fourth-order valence-corrected chi connectivity index (χ4v) is 7.94. The van der Waals surface area contributed by atoms with Gasteiger partial charge in [-0.1, -0.05) is 158 Å². The zero-order valence-corrected chi connectivity index (χ0v) is 34.0. The summed E-state index contributed by atoms with van der Waals surface area (Å²) in [5.41, 5.74) is 12.8. The van der Waals surface area contributed by atoms with Gasteiger partial charge in [0, 0.05) is 56.7 Å². The van der Waals surface area contributed by atoms with Crippen LogP contribution in [0, 0.1) is 0 Å². The van der Waals surface area contributed by atoms with Crippen LogP contribution in [0.1, 0.15) is 18.0 Å². The van der Waals surface area contributed by atoms with Crippen molar-refractivity contribution in [2.24, 2.45) is 0 Å². The van der Waals surface area contributed by atoms with E-state index in [1.54, 1.807) is 0 Å². The molecule has 62 heavy (non-hydrogen) atoms. The molecule has 10 rings (SSSR count). The predicted octanol–water partition coefficient (Wildman–Crippen LogP) is 14.2. The first kappa shape index (κ1) is 38.0. The number of hydrogen-bond donors (Lipinski definition) is 0. The molecule has 0 spiro atoms. The van der Waals surface area contributed by atoms with Crippen LogP contribution < -0.4 is 9.80 Å². The molecule has 0 fully saturated rings. The number of nitrogens with zero attached hydrogens (tertiary/aromatic N) is 6. The minimum Gasteiger partial charge on any atom is -0.311 e. The van der Waals surface area contributed by atoms with Gasteiger partial charge in [-0.2, -0.15) is 0 Å². The second kappa shape index (κ2) is 17.6. The number of benzene rings is 7. The maximum atomic E-state index is 5.28. The molecule has 0 amide bonds. The normalized spacial score (nSPS) is 13.3. The van der Waals surface area contributed by atoms with Crippen molar-refractivity contribution < 1.29 is 0 Å². The largest absolute Gasteiger partial charge is 0.311 e. The summed E-state index contributed by atoms with van der Waals surface area (Å²) in [7, 11) is 0. The van der Waals surface area contributed by atoms with E-state index in [4.69, 9.17) is 19.9 Å². The van der Waals surface area contributed by atoms with Gasteiger partial charge in [-0.05, 0) is 85.3 Å². The molecule has 6 nitrogen and oxygen atoms in total. The van der Waals surface area contributed by atoms with Crippen LogP contribution >= 0.6 is 0 Å². The molecule has 1 aliphatic rings. The molecule has 1 unspecified atom stereocenters. The highest BCUT2D eigenvalue weighted by Gasteiger charge is 2.22. The molecule has 6 heteroatoms. The highest BCUT2D eigenvalue weighted by molar-refractivity contribution is 5.79. The second-order valence-corrected chi connectivity index (χ2v) is 15.1. The van der Waals surface area contributed by atoms with Gasteiger partial charge in [-0.3, -0.25) is 0 Å². The highest BCUT2D eigenvalue weighted by atomic mass is 15.2. The van der Waals surface area contributed by atoms with Crippen molar-refractivity contribution in [2.75, 3.05) is 9.80 Å². The number of allylic oxidation sites excluding steroid dienone is 3. The topological polar surface area (TPSA) is 58.0 Å². The van der Waals surface area contributed by atoms with Gasteiger partial charge in [-0.15, -0.1) is 0 Å². The fourth-order valence-electron chi connectivity index (χ4n) is 7.94. The van der Waals surface area contributed by atoms with Crippen molar-refractivity contribution in [1.29, 1.82) is 0 Å². The summed E-state index contributed by atoms with van der Waals surface area (Å²) in [4.78, 5) is 25.4. The third-order valence-corrected chi connectivity index (χ3v) is 11.0. The minimum absolute atomic E-state index is 0.0119. The Morgan fingerprint density at radius 2 is 0.726 bits per heavy atom. The molecule has 0 bridgehead atoms. The maximum absolute atomic E-state index is 5.28. The average Bonchev–Trinajstić information content (AvgIpc) is 3.36. The van der Waals surface area contributed by atoms with Gasteiger partial charge in [0.2, 0.25) is 0 Å². The molecular formula is C56H42N6. The lowest BCUT2D eigenvalue weighted by molar-refractivity contribution is 0.799. The van der Waals surface area contributed by atoms with Crippen LogP contribution in [0.2, 0.25) is 0 Å². The van der Waals surface area contributed by atoms with Crippen LogP contribution in [0.5, 0.6) is 0 Å². The van der Waals surface area contributed by atoms with Crippen LogP contribution in [-0.2, 0) is 0 Å².